The van der Waals surface area contributed by atoms with Gasteiger partial charge in [-0.05, 0) is 24.6 Å². The van der Waals surface area contributed by atoms with Crippen molar-refractivity contribution in [2.24, 2.45) is 0 Å². The van der Waals surface area contributed by atoms with Gasteiger partial charge in [0.2, 0.25) is 0 Å². The highest BCUT2D eigenvalue weighted by atomic mass is 35.5. The number of likely N-dealkylation sites (N-methyl/N-ethyl adjacent to an activating group) is 1. The minimum absolute atomic E-state index is 0.00308. The van der Waals surface area contributed by atoms with Crippen molar-refractivity contribution in [1.29, 1.82) is 0 Å². The van der Waals surface area contributed by atoms with Crippen LogP contribution in [0.3, 0.4) is 0 Å². The van der Waals surface area contributed by atoms with Crippen molar-refractivity contribution in [3.05, 3.63) is 35.4 Å². The maximum absolute atomic E-state index is 12.0. The molecule has 0 aromatic heterocycles. The molecule has 0 radical (unpaired) electrons. The van der Waals surface area contributed by atoms with Crippen LogP contribution >= 0.6 is 11.6 Å². The number of alkyl halides is 1. The third-order valence-corrected chi connectivity index (χ3v) is 2.76. The Labute approximate surface area is 107 Å². The molecule has 1 aromatic rings. The van der Waals surface area contributed by atoms with Crippen LogP contribution in [0.2, 0.25) is 0 Å². The van der Waals surface area contributed by atoms with Gasteiger partial charge in [-0.3, -0.25) is 4.79 Å². The van der Waals surface area contributed by atoms with E-state index in [1.54, 1.807) is 18.0 Å². The van der Waals surface area contributed by atoms with E-state index in [2.05, 4.69) is 0 Å². The highest BCUT2D eigenvalue weighted by Crippen LogP contribution is 2.09. The van der Waals surface area contributed by atoms with Gasteiger partial charge in [-0.1, -0.05) is 12.1 Å². The Morgan fingerprint density at radius 1 is 1.47 bits per heavy atom. The molecule has 0 N–H and O–H groups in total. The number of carbonyl (C=O) groups excluding carboxylic acids is 1. The first-order valence-corrected chi connectivity index (χ1v) is 6.20. The second kappa shape index (κ2) is 7.30. The van der Waals surface area contributed by atoms with Gasteiger partial charge in [0.05, 0.1) is 6.61 Å². The molecule has 94 valence electrons. The van der Waals surface area contributed by atoms with Gasteiger partial charge in [-0.2, -0.15) is 0 Å². The molecule has 0 unspecified atom stereocenters. The van der Waals surface area contributed by atoms with Gasteiger partial charge in [0.1, 0.15) is 0 Å². The van der Waals surface area contributed by atoms with Crippen LogP contribution < -0.4 is 0 Å². The molecule has 0 saturated carbocycles. The fourth-order valence-electron chi connectivity index (χ4n) is 1.46. The fraction of sp³-hybridized carbons (Fsp3) is 0.462. The standard InChI is InChI=1S/C13H18ClNO2/c1-3-17-8-7-15(2)13(16)12-6-4-5-11(9-12)10-14/h4-6,9H,3,7-8,10H2,1-2H3. The molecule has 3 nitrogen and oxygen atoms in total. The number of amides is 1. The maximum Gasteiger partial charge on any atom is 0.253 e. The summed E-state index contributed by atoms with van der Waals surface area (Å²) < 4.78 is 5.22. The van der Waals surface area contributed by atoms with Crippen LogP contribution in [-0.2, 0) is 10.6 Å². The third kappa shape index (κ3) is 4.36. The Balaban J connectivity index is 2.61. The molecule has 0 aliphatic heterocycles. The minimum atomic E-state index is -0.00308. The number of hydrogen-bond acceptors (Lipinski definition) is 2. The summed E-state index contributed by atoms with van der Waals surface area (Å²) in [6, 6.07) is 7.38. The zero-order valence-corrected chi connectivity index (χ0v) is 11.0. The SMILES string of the molecule is CCOCCN(C)C(=O)c1cccc(CCl)c1. The van der Waals surface area contributed by atoms with Gasteiger partial charge in [0, 0.05) is 31.6 Å². The van der Waals surface area contributed by atoms with Crippen LogP contribution in [0.4, 0.5) is 0 Å². The van der Waals surface area contributed by atoms with Crippen molar-refractivity contribution in [2.45, 2.75) is 12.8 Å². The predicted molar refractivity (Wildman–Crippen MR) is 69.5 cm³/mol. The number of rotatable bonds is 6. The lowest BCUT2D eigenvalue weighted by Crippen LogP contribution is -2.30. The molecule has 1 rings (SSSR count). The highest BCUT2D eigenvalue weighted by Gasteiger charge is 2.11. The summed E-state index contributed by atoms with van der Waals surface area (Å²) in [6.07, 6.45) is 0. The minimum Gasteiger partial charge on any atom is -0.380 e. The number of carbonyl (C=O) groups is 1. The van der Waals surface area contributed by atoms with Gasteiger partial charge in [0.15, 0.2) is 0 Å². The largest absolute Gasteiger partial charge is 0.380 e. The van der Waals surface area contributed by atoms with E-state index in [0.717, 1.165) is 5.56 Å². The molecule has 4 heteroatoms. The monoisotopic (exact) mass is 255 g/mol. The van der Waals surface area contributed by atoms with Crippen molar-refractivity contribution in [2.75, 3.05) is 26.8 Å². The van der Waals surface area contributed by atoms with E-state index >= 15 is 0 Å². The first-order chi connectivity index (χ1) is 8.19. The van der Waals surface area contributed by atoms with E-state index in [1.165, 1.54) is 0 Å². The van der Waals surface area contributed by atoms with Crippen molar-refractivity contribution in [3.8, 4) is 0 Å². The number of hydrogen-bond donors (Lipinski definition) is 0. The van der Waals surface area contributed by atoms with E-state index in [-0.39, 0.29) is 5.91 Å². The molecule has 0 saturated heterocycles. The zero-order chi connectivity index (χ0) is 12.7. The molecule has 0 fully saturated rings. The molecule has 0 aliphatic carbocycles. The van der Waals surface area contributed by atoms with Gasteiger partial charge in [-0.25, -0.2) is 0 Å². The van der Waals surface area contributed by atoms with E-state index in [0.29, 0.717) is 31.2 Å². The summed E-state index contributed by atoms with van der Waals surface area (Å²) in [6.45, 7) is 3.77. The first-order valence-electron chi connectivity index (χ1n) is 5.67. The topological polar surface area (TPSA) is 29.5 Å². The second-order valence-corrected chi connectivity index (χ2v) is 4.02. The Kier molecular flexibility index (Phi) is 6.01. The summed E-state index contributed by atoms with van der Waals surface area (Å²) in [7, 11) is 1.77. The summed E-state index contributed by atoms with van der Waals surface area (Å²) in [4.78, 5) is 13.7. The zero-order valence-electron chi connectivity index (χ0n) is 10.3. The van der Waals surface area contributed by atoms with E-state index in [4.69, 9.17) is 16.3 Å². The first kappa shape index (κ1) is 14.0. The van der Waals surface area contributed by atoms with Crippen LogP contribution in [0.5, 0.6) is 0 Å². The van der Waals surface area contributed by atoms with Crippen molar-refractivity contribution < 1.29 is 9.53 Å². The van der Waals surface area contributed by atoms with Crippen molar-refractivity contribution >= 4 is 17.5 Å². The lowest BCUT2D eigenvalue weighted by molar-refractivity contribution is 0.0710. The summed E-state index contributed by atoms with van der Waals surface area (Å²) >= 11 is 5.74. The van der Waals surface area contributed by atoms with Crippen molar-refractivity contribution in [1.82, 2.24) is 4.90 Å². The molecule has 0 atom stereocenters. The van der Waals surface area contributed by atoms with Crippen LogP contribution in [0.15, 0.2) is 24.3 Å². The fourth-order valence-corrected chi connectivity index (χ4v) is 1.62. The summed E-state index contributed by atoms with van der Waals surface area (Å²) in [5, 5.41) is 0. The molecular weight excluding hydrogens is 238 g/mol. The Morgan fingerprint density at radius 3 is 2.88 bits per heavy atom. The number of nitrogens with zero attached hydrogens (tertiary/aromatic N) is 1. The second-order valence-electron chi connectivity index (χ2n) is 3.76. The lowest BCUT2D eigenvalue weighted by atomic mass is 10.1. The van der Waals surface area contributed by atoms with Crippen LogP contribution in [0.1, 0.15) is 22.8 Å². The Morgan fingerprint density at radius 2 is 2.24 bits per heavy atom. The van der Waals surface area contributed by atoms with Crippen molar-refractivity contribution in [3.63, 3.8) is 0 Å². The highest BCUT2D eigenvalue weighted by molar-refractivity contribution is 6.17. The number of benzene rings is 1. The van der Waals surface area contributed by atoms with Crippen LogP contribution in [0.25, 0.3) is 0 Å². The molecule has 17 heavy (non-hydrogen) atoms. The van der Waals surface area contributed by atoms with E-state index in [9.17, 15) is 4.79 Å². The molecule has 1 amide bonds. The normalized spacial score (nSPS) is 10.3. The van der Waals surface area contributed by atoms with E-state index < -0.39 is 0 Å². The quantitative estimate of drug-likeness (QED) is 0.578. The number of halogens is 1. The molecule has 0 bridgehead atoms. The van der Waals surface area contributed by atoms with E-state index in [1.807, 2.05) is 25.1 Å². The van der Waals surface area contributed by atoms with Crippen LogP contribution in [-0.4, -0.2) is 37.6 Å². The third-order valence-electron chi connectivity index (χ3n) is 2.45. The Hall–Kier alpha value is -1.06. The predicted octanol–water partition coefficient (Wildman–Crippen LogP) is 2.53. The number of ether oxygens (including phenoxy) is 1. The lowest BCUT2D eigenvalue weighted by Gasteiger charge is -2.17. The molecule has 1 aromatic carbocycles. The molecule has 0 heterocycles. The average Bonchev–Trinajstić information content (AvgIpc) is 2.38. The van der Waals surface area contributed by atoms with Gasteiger partial charge in [0.25, 0.3) is 5.91 Å². The smallest absolute Gasteiger partial charge is 0.253 e. The molecular formula is C13H18ClNO2. The summed E-state index contributed by atoms with van der Waals surface area (Å²) in [5.41, 5.74) is 1.62. The molecule has 0 aliphatic rings. The average molecular weight is 256 g/mol. The van der Waals surface area contributed by atoms with Crippen LogP contribution in [0, 0.1) is 0 Å². The maximum atomic E-state index is 12.0. The van der Waals surface area contributed by atoms with Gasteiger partial charge < -0.3 is 9.64 Å². The summed E-state index contributed by atoms with van der Waals surface area (Å²) in [5.74, 6) is 0.417. The van der Waals surface area contributed by atoms with Gasteiger partial charge in [-0.15, -0.1) is 11.6 Å². The Bertz CT molecular complexity index is 368. The van der Waals surface area contributed by atoms with Gasteiger partial charge >= 0.3 is 0 Å². The molecule has 0 spiro atoms.